The Morgan fingerprint density at radius 1 is 1.30 bits per heavy atom. The summed E-state index contributed by atoms with van der Waals surface area (Å²) >= 11 is 0. The van der Waals surface area contributed by atoms with Crippen molar-refractivity contribution in [3.05, 3.63) is 22.9 Å². The third-order valence-electron chi connectivity index (χ3n) is 3.92. The molecule has 1 aliphatic carbocycles. The van der Waals surface area contributed by atoms with Gasteiger partial charge in [0.1, 0.15) is 11.9 Å². The summed E-state index contributed by atoms with van der Waals surface area (Å²) in [7, 11) is 0. The van der Waals surface area contributed by atoms with Crippen molar-refractivity contribution in [1.82, 2.24) is 4.98 Å². The van der Waals surface area contributed by atoms with Crippen LogP contribution in [0.4, 0.5) is 5.82 Å². The second-order valence-electron chi connectivity index (χ2n) is 6.13. The lowest BCUT2D eigenvalue weighted by molar-refractivity contribution is 0.544. The molecule has 1 heterocycles. The first kappa shape index (κ1) is 14.8. The highest BCUT2D eigenvalue weighted by Gasteiger charge is 2.14. The van der Waals surface area contributed by atoms with Gasteiger partial charge in [0.25, 0.3) is 0 Å². The average Bonchev–Trinajstić information content (AvgIpc) is 2.45. The summed E-state index contributed by atoms with van der Waals surface area (Å²) in [6.07, 6.45) is 8.22. The van der Waals surface area contributed by atoms with Crippen molar-refractivity contribution in [2.75, 3.05) is 11.9 Å². The summed E-state index contributed by atoms with van der Waals surface area (Å²) in [5.74, 6) is 1.56. The molecule has 0 amide bonds. The topological polar surface area (TPSA) is 48.7 Å². The number of hydrogen-bond acceptors (Lipinski definition) is 3. The minimum atomic E-state index is 0.703. The quantitative estimate of drug-likeness (QED) is 0.793. The van der Waals surface area contributed by atoms with E-state index in [-0.39, 0.29) is 0 Å². The van der Waals surface area contributed by atoms with Crippen LogP contribution < -0.4 is 5.32 Å². The lowest BCUT2D eigenvalue weighted by Crippen LogP contribution is -2.11. The molecule has 0 aromatic carbocycles. The van der Waals surface area contributed by atoms with Gasteiger partial charge in [0.05, 0.1) is 5.56 Å². The fraction of sp³-hybridized carbons (Fsp3) is 0.647. The highest BCUT2D eigenvalue weighted by molar-refractivity contribution is 5.54. The molecule has 0 aliphatic heterocycles. The van der Waals surface area contributed by atoms with Gasteiger partial charge in [-0.1, -0.05) is 26.7 Å². The summed E-state index contributed by atoms with van der Waals surface area (Å²) in [5.41, 5.74) is 3.17. The molecule has 0 saturated carbocycles. The maximum atomic E-state index is 9.27. The van der Waals surface area contributed by atoms with E-state index in [1.54, 1.807) is 0 Å². The van der Waals surface area contributed by atoms with Crippen molar-refractivity contribution >= 4 is 5.82 Å². The predicted molar refractivity (Wildman–Crippen MR) is 82.8 cm³/mol. The van der Waals surface area contributed by atoms with Gasteiger partial charge in [-0.3, -0.25) is 0 Å². The molecule has 3 heteroatoms. The van der Waals surface area contributed by atoms with Crippen molar-refractivity contribution in [2.45, 2.75) is 58.8 Å². The number of aromatic nitrogens is 1. The smallest absolute Gasteiger partial charge is 0.144 e. The number of nitriles is 1. The number of nitrogens with one attached hydrogen (secondary N) is 1. The van der Waals surface area contributed by atoms with E-state index in [0.717, 1.165) is 37.5 Å². The molecule has 3 nitrogen and oxygen atoms in total. The second kappa shape index (κ2) is 7.28. The summed E-state index contributed by atoms with van der Waals surface area (Å²) in [5, 5.41) is 12.6. The molecule has 0 unspecified atom stereocenters. The zero-order valence-corrected chi connectivity index (χ0v) is 12.7. The van der Waals surface area contributed by atoms with E-state index in [1.807, 2.05) is 6.07 Å². The van der Waals surface area contributed by atoms with Gasteiger partial charge >= 0.3 is 0 Å². The first-order chi connectivity index (χ1) is 9.70. The Kier molecular flexibility index (Phi) is 5.40. The molecule has 0 bridgehead atoms. The van der Waals surface area contributed by atoms with E-state index >= 15 is 0 Å². The third-order valence-corrected chi connectivity index (χ3v) is 3.92. The Morgan fingerprint density at radius 2 is 2.10 bits per heavy atom. The van der Waals surface area contributed by atoms with E-state index in [0.29, 0.717) is 5.56 Å². The molecule has 0 radical (unpaired) electrons. The number of anilines is 1. The molecule has 2 rings (SSSR count). The number of rotatable bonds is 6. The molecule has 0 saturated heterocycles. The van der Waals surface area contributed by atoms with Crippen molar-refractivity contribution in [1.29, 1.82) is 5.26 Å². The van der Waals surface area contributed by atoms with E-state index in [4.69, 9.17) is 0 Å². The molecule has 1 N–H and O–H groups in total. The van der Waals surface area contributed by atoms with Crippen molar-refractivity contribution in [3.63, 3.8) is 0 Å². The first-order valence-electron chi connectivity index (χ1n) is 7.87. The molecule has 1 aromatic heterocycles. The molecular weight excluding hydrogens is 246 g/mol. The minimum absolute atomic E-state index is 0.703. The Balaban J connectivity index is 1.95. The van der Waals surface area contributed by atoms with Crippen LogP contribution in [-0.2, 0) is 12.8 Å². The molecule has 0 atom stereocenters. The van der Waals surface area contributed by atoms with Gasteiger partial charge in [0.2, 0.25) is 0 Å². The van der Waals surface area contributed by atoms with Crippen molar-refractivity contribution in [3.8, 4) is 6.07 Å². The Labute approximate surface area is 122 Å². The monoisotopic (exact) mass is 271 g/mol. The molecular formula is C17H25N3. The van der Waals surface area contributed by atoms with Crippen LogP contribution in [0.1, 0.15) is 62.8 Å². The highest BCUT2D eigenvalue weighted by Crippen LogP contribution is 2.24. The maximum absolute atomic E-state index is 9.27. The Bertz CT molecular complexity index is 486. The number of pyridine rings is 1. The lowest BCUT2D eigenvalue weighted by Gasteiger charge is -2.17. The number of fused-ring (bicyclic) bond motifs is 1. The number of unbranched alkanes of at least 4 members (excludes halogenated alkanes) is 1. The van der Waals surface area contributed by atoms with Gasteiger partial charge in [-0.25, -0.2) is 4.98 Å². The van der Waals surface area contributed by atoms with Crippen LogP contribution in [0.2, 0.25) is 0 Å². The van der Waals surface area contributed by atoms with Crippen LogP contribution in [-0.4, -0.2) is 11.5 Å². The van der Waals surface area contributed by atoms with Crippen LogP contribution in [0.3, 0.4) is 0 Å². The van der Waals surface area contributed by atoms with E-state index < -0.39 is 0 Å². The molecule has 108 valence electrons. The van der Waals surface area contributed by atoms with Gasteiger partial charge in [-0.15, -0.1) is 0 Å². The maximum Gasteiger partial charge on any atom is 0.144 e. The van der Waals surface area contributed by atoms with Crippen LogP contribution in [0.15, 0.2) is 6.07 Å². The SMILES string of the molecule is CC(C)CCCCNc1nc2c(cc1C#N)CCCC2. The summed E-state index contributed by atoms with van der Waals surface area (Å²) in [4.78, 5) is 4.68. The van der Waals surface area contributed by atoms with E-state index in [2.05, 4.69) is 30.2 Å². The number of aryl methyl sites for hydroxylation is 2. The van der Waals surface area contributed by atoms with E-state index in [1.165, 1.54) is 36.9 Å². The lowest BCUT2D eigenvalue weighted by atomic mass is 9.95. The third kappa shape index (κ3) is 3.96. The predicted octanol–water partition coefficient (Wildman–Crippen LogP) is 4.07. The van der Waals surface area contributed by atoms with Gasteiger partial charge in [-0.2, -0.15) is 5.26 Å². The molecule has 0 fully saturated rings. The first-order valence-corrected chi connectivity index (χ1v) is 7.87. The fourth-order valence-corrected chi connectivity index (χ4v) is 2.74. The summed E-state index contributed by atoms with van der Waals surface area (Å²) in [6, 6.07) is 4.32. The number of hydrogen-bond donors (Lipinski definition) is 1. The van der Waals surface area contributed by atoms with E-state index in [9.17, 15) is 5.26 Å². The zero-order valence-electron chi connectivity index (χ0n) is 12.7. The van der Waals surface area contributed by atoms with Gasteiger partial charge in [-0.05, 0) is 49.7 Å². The minimum Gasteiger partial charge on any atom is -0.369 e. The average molecular weight is 271 g/mol. The number of nitrogens with zero attached hydrogens (tertiary/aromatic N) is 2. The zero-order chi connectivity index (χ0) is 14.4. The van der Waals surface area contributed by atoms with Crippen molar-refractivity contribution in [2.24, 2.45) is 5.92 Å². The molecule has 0 spiro atoms. The van der Waals surface area contributed by atoms with Crippen LogP contribution in [0.5, 0.6) is 0 Å². The Morgan fingerprint density at radius 3 is 2.85 bits per heavy atom. The summed E-state index contributed by atoms with van der Waals surface area (Å²) in [6.45, 7) is 5.42. The normalized spacial score (nSPS) is 13.9. The van der Waals surface area contributed by atoms with Gasteiger partial charge < -0.3 is 5.32 Å². The van der Waals surface area contributed by atoms with Crippen LogP contribution in [0.25, 0.3) is 0 Å². The molecule has 1 aromatic rings. The largest absolute Gasteiger partial charge is 0.369 e. The van der Waals surface area contributed by atoms with Crippen LogP contribution in [0, 0.1) is 17.2 Å². The second-order valence-corrected chi connectivity index (χ2v) is 6.13. The van der Waals surface area contributed by atoms with Gasteiger partial charge in [0, 0.05) is 12.2 Å². The standard InChI is InChI=1S/C17H25N3/c1-13(2)7-5-6-10-19-17-15(12-18)11-14-8-3-4-9-16(14)20-17/h11,13H,3-10H2,1-2H3,(H,19,20). The Hall–Kier alpha value is -1.56. The molecule has 1 aliphatic rings. The fourth-order valence-electron chi connectivity index (χ4n) is 2.74. The summed E-state index contributed by atoms with van der Waals surface area (Å²) < 4.78 is 0. The molecule has 20 heavy (non-hydrogen) atoms. The van der Waals surface area contributed by atoms with Gasteiger partial charge in [0.15, 0.2) is 0 Å². The van der Waals surface area contributed by atoms with Crippen LogP contribution >= 0.6 is 0 Å². The van der Waals surface area contributed by atoms with Crippen molar-refractivity contribution < 1.29 is 0 Å². The highest BCUT2D eigenvalue weighted by atomic mass is 15.0.